The van der Waals surface area contributed by atoms with Crippen molar-refractivity contribution in [3.63, 3.8) is 0 Å². The monoisotopic (exact) mass is 312 g/mol. The van der Waals surface area contributed by atoms with Crippen molar-refractivity contribution >= 4 is 6.47 Å². The number of hydrogen-bond donors (Lipinski definition) is 1. The smallest absolute Gasteiger partial charge is 0.292 e. The van der Waals surface area contributed by atoms with Gasteiger partial charge in [-0.2, -0.15) is 0 Å². The standard InChI is InChI=1S/C17H20N2.C2H4O2/c1-3-7-15(8-4-1)17(16-9-5-2-6-10-16)19-13-11-18-12-14-19;1-4-2-3/h1-10,17-18H,11-14H2;2H,1H3. The minimum atomic E-state index is 0.375. The van der Waals surface area contributed by atoms with Crippen molar-refractivity contribution in [3.8, 4) is 0 Å². The molecule has 122 valence electrons. The van der Waals surface area contributed by atoms with Crippen molar-refractivity contribution in [3.05, 3.63) is 71.8 Å². The van der Waals surface area contributed by atoms with Crippen LogP contribution in [-0.4, -0.2) is 44.7 Å². The van der Waals surface area contributed by atoms with Gasteiger partial charge in [0.2, 0.25) is 0 Å². The number of hydrogen-bond acceptors (Lipinski definition) is 4. The largest absolute Gasteiger partial charge is 0.471 e. The average Bonchev–Trinajstić information content (AvgIpc) is 2.65. The molecule has 0 amide bonds. The summed E-state index contributed by atoms with van der Waals surface area (Å²) in [5.74, 6) is 0. The molecule has 0 aromatic heterocycles. The number of benzene rings is 2. The lowest BCUT2D eigenvalue weighted by molar-refractivity contribution is -0.126. The predicted molar refractivity (Wildman–Crippen MR) is 92.2 cm³/mol. The van der Waals surface area contributed by atoms with Crippen LogP contribution in [0.4, 0.5) is 0 Å². The maximum Gasteiger partial charge on any atom is 0.292 e. The van der Waals surface area contributed by atoms with Crippen molar-refractivity contribution in [2.45, 2.75) is 6.04 Å². The second-order valence-electron chi connectivity index (χ2n) is 5.34. The first-order chi connectivity index (χ1) is 11.4. The fourth-order valence-corrected chi connectivity index (χ4v) is 2.83. The predicted octanol–water partition coefficient (Wildman–Crippen LogP) is 2.47. The summed E-state index contributed by atoms with van der Waals surface area (Å²) in [5.41, 5.74) is 2.77. The third kappa shape index (κ3) is 5.20. The lowest BCUT2D eigenvalue weighted by Gasteiger charge is -2.35. The number of piperazine rings is 1. The molecule has 1 N–H and O–H groups in total. The SMILES string of the molecule is COC=O.c1ccc(C(c2ccccc2)N2CCNCC2)cc1. The summed E-state index contributed by atoms with van der Waals surface area (Å²) in [4.78, 5) is 11.5. The molecule has 23 heavy (non-hydrogen) atoms. The van der Waals surface area contributed by atoms with Gasteiger partial charge in [0.15, 0.2) is 0 Å². The molecule has 0 radical (unpaired) electrons. The highest BCUT2D eigenvalue weighted by Crippen LogP contribution is 2.28. The summed E-state index contributed by atoms with van der Waals surface area (Å²) in [6, 6.07) is 22.0. The van der Waals surface area contributed by atoms with Crippen LogP contribution >= 0.6 is 0 Å². The fourth-order valence-electron chi connectivity index (χ4n) is 2.83. The Hall–Kier alpha value is -2.17. The van der Waals surface area contributed by atoms with Crippen LogP contribution in [-0.2, 0) is 9.53 Å². The Morgan fingerprint density at radius 1 is 0.957 bits per heavy atom. The maximum atomic E-state index is 8.95. The number of methoxy groups -OCH3 is 1. The summed E-state index contributed by atoms with van der Waals surface area (Å²) in [5, 5.41) is 3.43. The van der Waals surface area contributed by atoms with Gasteiger partial charge in [0.05, 0.1) is 13.2 Å². The number of rotatable bonds is 4. The zero-order chi connectivity index (χ0) is 16.3. The molecule has 1 aliphatic heterocycles. The van der Waals surface area contributed by atoms with Crippen LogP contribution < -0.4 is 5.32 Å². The van der Waals surface area contributed by atoms with Crippen LogP contribution in [0.5, 0.6) is 0 Å². The van der Waals surface area contributed by atoms with Gasteiger partial charge in [0.25, 0.3) is 6.47 Å². The number of ether oxygens (including phenoxy) is 1. The molecule has 3 rings (SSSR count). The van der Waals surface area contributed by atoms with E-state index in [4.69, 9.17) is 4.79 Å². The van der Waals surface area contributed by atoms with Crippen LogP contribution in [0.3, 0.4) is 0 Å². The summed E-state index contributed by atoms with van der Waals surface area (Å²) in [6.07, 6.45) is 0. The molecule has 1 fully saturated rings. The van der Waals surface area contributed by atoms with E-state index in [1.165, 1.54) is 18.2 Å². The minimum Gasteiger partial charge on any atom is -0.471 e. The zero-order valence-electron chi connectivity index (χ0n) is 13.5. The van der Waals surface area contributed by atoms with Crippen molar-refractivity contribution in [2.24, 2.45) is 0 Å². The second-order valence-corrected chi connectivity index (χ2v) is 5.34. The highest BCUT2D eigenvalue weighted by molar-refractivity contribution is 5.36. The Labute approximate surface area is 138 Å². The maximum absolute atomic E-state index is 8.95. The third-order valence-corrected chi connectivity index (χ3v) is 3.84. The molecule has 0 aliphatic carbocycles. The highest BCUT2D eigenvalue weighted by Gasteiger charge is 2.23. The molecule has 2 aromatic carbocycles. The number of nitrogens with one attached hydrogen (secondary N) is 1. The lowest BCUT2D eigenvalue weighted by Crippen LogP contribution is -2.45. The molecule has 1 aliphatic rings. The van der Waals surface area contributed by atoms with E-state index in [-0.39, 0.29) is 0 Å². The number of nitrogens with zero attached hydrogens (tertiary/aromatic N) is 1. The topological polar surface area (TPSA) is 41.6 Å². The van der Waals surface area contributed by atoms with Crippen LogP contribution in [0.2, 0.25) is 0 Å². The molecule has 0 spiro atoms. The number of carbonyl (C=O) groups is 1. The molecule has 1 heterocycles. The molecule has 4 heteroatoms. The Morgan fingerprint density at radius 2 is 1.39 bits per heavy atom. The van der Waals surface area contributed by atoms with Gasteiger partial charge in [-0.1, -0.05) is 60.7 Å². The van der Waals surface area contributed by atoms with E-state index in [9.17, 15) is 0 Å². The molecular formula is C19H24N2O2. The molecule has 1 saturated heterocycles. The summed E-state index contributed by atoms with van der Waals surface area (Å²) in [7, 11) is 1.31. The van der Waals surface area contributed by atoms with E-state index in [1.807, 2.05) is 0 Å². The zero-order valence-corrected chi connectivity index (χ0v) is 13.5. The Balaban J connectivity index is 0.000000433. The van der Waals surface area contributed by atoms with E-state index in [2.05, 4.69) is 75.6 Å². The van der Waals surface area contributed by atoms with Gasteiger partial charge in [-0.05, 0) is 11.1 Å². The molecule has 0 saturated carbocycles. The molecular weight excluding hydrogens is 288 g/mol. The van der Waals surface area contributed by atoms with Crippen LogP contribution in [0.1, 0.15) is 17.2 Å². The minimum absolute atomic E-state index is 0.375. The summed E-state index contributed by atoms with van der Waals surface area (Å²) in [6.45, 7) is 4.75. The molecule has 2 aromatic rings. The van der Waals surface area contributed by atoms with Crippen LogP contribution in [0.15, 0.2) is 60.7 Å². The van der Waals surface area contributed by atoms with Gasteiger partial charge in [-0.3, -0.25) is 9.69 Å². The van der Waals surface area contributed by atoms with E-state index in [1.54, 1.807) is 0 Å². The Kier molecular flexibility index (Phi) is 7.30. The van der Waals surface area contributed by atoms with Crippen molar-refractivity contribution in [1.82, 2.24) is 10.2 Å². The van der Waals surface area contributed by atoms with Crippen molar-refractivity contribution in [2.75, 3.05) is 33.3 Å². The molecule has 0 unspecified atom stereocenters. The lowest BCUT2D eigenvalue weighted by atomic mass is 9.96. The van der Waals surface area contributed by atoms with Crippen LogP contribution in [0, 0.1) is 0 Å². The van der Waals surface area contributed by atoms with E-state index >= 15 is 0 Å². The van der Waals surface area contributed by atoms with Gasteiger partial charge in [-0.15, -0.1) is 0 Å². The third-order valence-electron chi connectivity index (χ3n) is 3.84. The van der Waals surface area contributed by atoms with E-state index in [0.717, 1.165) is 26.2 Å². The summed E-state index contributed by atoms with van der Waals surface area (Å²) < 4.78 is 3.86. The average molecular weight is 312 g/mol. The Morgan fingerprint density at radius 3 is 1.78 bits per heavy atom. The van der Waals surface area contributed by atoms with Crippen molar-refractivity contribution < 1.29 is 9.53 Å². The molecule has 0 bridgehead atoms. The Bertz CT molecular complexity index is 515. The fraction of sp³-hybridized carbons (Fsp3) is 0.316. The molecule has 4 nitrogen and oxygen atoms in total. The van der Waals surface area contributed by atoms with Gasteiger partial charge in [0, 0.05) is 26.2 Å². The quantitative estimate of drug-likeness (QED) is 0.881. The molecule has 0 atom stereocenters. The van der Waals surface area contributed by atoms with Gasteiger partial charge in [0.1, 0.15) is 0 Å². The summed E-state index contributed by atoms with van der Waals surface area (Å²) >= 11 is 0. The highest BCUT2D eigenvalue weighted by atomic mass is 16.5. The van der Waals surface area contributed by atoms with Crippen LogP contribution in [0.25, 0.3) is 0 Å². The van der Waals surface area contributed by atoms with Gasteiger partial charge in [-0.25, -0.2) is 0 Å². The van der Waals surface area contributed by atoms with Crippen molar-refractivity contribution in [1.29, 1.82) is 0 Å². The van der Waals surface area contributed by atoms with E-state index in [0.29, 0.717) is 12.5 Å². The van der Waals surface area contributed by atoms with Gasteiger partial charge >= 0.3 is 0 Å². The van der Waals surface area contributed by atoms with Gasteiger partial charge < -0.3 is 10.1 Å². The normalized spacial score (nSPS) is 14.7. The van der Waals surface area contributed by atoms with E-state index < -0.39 is 0 Å². The second kappa shape index (κ2) is 9.77. The first-order valence-electron chi connectivity index (χ1n) is 7.88. The first-order valence-corrected chi connectivity index (χ1v) is 7.88. The first kappa shape index (κ1) is 17.2. The number of carbonyl (C=O) groups excluding carboxylic acids is 1.